The predicted molar refractivity (Wildman–Crippen MR) is 138 cm³/mol. The number of carboxylic acids is 1. The van der Waals surface area contributed by atoms with Crippen LogP contribution in [0.3, 0.4) is 0 Å². The van der Waals surface area contributed by atoms with Gasteiger partial charge in [-0.05, 0) is 98.3 Å². The molecule has 0 saturated carbocycles. The van der Waals surface area contributed by atoms with E-state index >= 15 is 0 Å². The molecule has 188 valence electrons. The van der Waals surface area contributed by atoms with Crippen molar-refractivity contribution < 1.29 is 23.8 Å². The van der Waals surface area contributed by atoms with Crippen molar-refractivity contribution in [3.05, 3.63) is 92.8 Å². The van der Waals surface area contributed by atoms with Gasteiger partial charge in [-0.1, -0.05) is 29.8 Å². The first-order valence-corrected chi connectivity index (χ1v) is 12.1. The number of nitrogens with zero attached hydrogens (tertiary/aromatic N) is 1. The molecule has 0 aliphatic carbocycles. The lowest BCUT2D eigenvalue weighted by atomic mass is 9.83. The number of hydrogen-bond acceptors (Lipinski definition) is 3. The molecule has 4 rings (SSSR count). The molecule has 36 heavy (non-hydrogen) atoms. The van der Waals surface area contributed by atoms with Crippen molar-refractivity contribution in [1.29, 1.82) is 0 Å². The summed E-state index contributed by atoms with van der Waals surface area (Å²) in [5.41, 5.74) is 5.22. The van der Waals surface area contributed by atoms with Gasteiger partial charge in [-0.25, -0.2) is 9.18 Å². The number of carboxylic acid groups (broad SMARTS) is 1. The van der Waals surface area contributed by atoms with E-state index in [2.05, 4.69) is 0 Å². The Morgan fingerprint density at radius 1 is 1.03 bits per heavy atom. The summed E-state index contributed by atoms with van der Waals surface area (Å²) in [6.45, 7) is 9.92. The normalized spacial score (nSPS) is 14.0. The zero-order chi connectivity index (χ0) is 26.4. The third kappa shape index (κ3) is 5.01. The smallest absolute Gasteiger partial charge is 0.337 e. The van der Waals surface area contributed by atoms with Crippen molar-refractivity contribution >= 4 is 23.5 Å². The number of benzene rings is 3. The minimum atomic E-state index is -1.22. The average Bonchev–Trinajstić information content (AvgIpc) is 3.26. The van der Waals surface area contributed by atoms with Crippen LogP contribution in [0.5, 0.6) is 0 Å². The monoisotopic (exact) mass is 509 g/mol. The highest BCUT2D eigenvalue weighted by Crippen LogP contribution is 2.44. The molecular weight excluding hydrogens is 481 g/mol. The predicted octanol–water partition coefficient (Wildman–Crippen LogP) is 6.86. The molecule has 1 aliphatic heterocycles. The molecule has 0 radical (unpaired) electrons. The Morgan fingerprint density at radius 3 is 2.19 bits per heavy atom. The first kappa shape index (κ1) is 25.9. The summed E-state index contributed by atoms with van der Waals surface area (Å²) >= 11 is 6.14. The van der Waals surface area contributed by atoms with Gasteiger partial charge in [0.2, 0.25) is 0 Å². The summed E-state index contributed by atoms with van der Waals surface area (Å²) in [5, 5.41) is 10.8. The van der Waals surface area contributed by atoms with Crippen LogP contribution in [0.4, 0.5) is 4.39 Å². The second-order valence-corrected chi connectivity index (χ2v) is 10.6. The molecule has 3 aromatic carbocycles. The molecule has 0 bridgehead atoms. The number of hydrogen-bond donors (Lipinski definition) is 1. The SMILES string of the molecule is Cc1c2c(c(C)c(C(OC(C)(C)C)C(=O)O)c1-c1ccc(Cl)cc1)CN(C(=O)c1cccc(F)c1)C2. The minimum absolute atomic E-state index is 0.274. The van der Waals surface area contributed by atoms with E-state index in [-0.39, 0.29) is 11.5 Å². The Morgan fingerprint density at radius 2 is 1.64 bits per heavy atom. The van der Waals surface area contributed by atoms with Gasteiger partial charge in [0.05, 0.1) is 5.60 Å². The van der Waals surface area contributed by atoms with E-state index in [1.54, 1.807) is 23.1 Å². The second-order valence-electron chi connectivity index (χ2n) is 10.1. The quantitative estimate of drug-likeness (QED) is 0.408. The van der Waals surface area contributed by atoms with E-state index in [9.17, 15) is 19.1 Å². The molecule has 1 aliphatic rings. The number of halogens is 2. The Kier molecular flexibility index (Phi) is 6.95. The van der Waals surface area contributed by atoms with Gasteiger partial charge in [0.25, 0.3) is 5.91 Å². The van der Waals surface area contributed by atoms with Gasteiger partial charge in [0.1, 0.15) is 5.82 Å². The van der Waals surface area contributed by atoms with Crippen LogP contribution in [0.15, 0.2) is 48.5 Å². The Hall–Kier alpha value is -3.22. The van der Waals surface area contributed by atoms with Gasteiger partial charge >= 0.3 is 5.97 Å². The van der Waals surface area contributed by atoms with Crippen LogP contribution in [0, 0.1) is 19.7 Å². The molecule has 3 aromatic rings. The molecule has 1 unspecified atom stereocenters. The highest BCUT2D eigenvalue weighted by atomic mass is 35.5. The first-order valence-electron chi connectivity index (χ1n) is 11.7. The number of amides is 1. The molecule has 1 heterocycles. The van der Waals surface area contributed by atoms with Crippen molar-refractivity contribution in [3.63, 3.8) is 0 Å². The van der Waals surface area contributed by atoms with Gasteiger partial charge in [-0.3, -0.25) is 4.79 Å². The summed E-state index contributed by atoms with van der Waals surface area (Å²) in [6.07, 6.45) is -1.22. The average molecular weight is 510 g/mol. The molecule has 5 nitrogen and oxygen atoms in total. The van der Waals surface area contributed by atoms with Crippen LogP contribution < -0.4 is 0 Å². The highest BCUT2D eigenvalue weighted by molar-refractivity contribution is 6.30. The minimum Gasteiger partial charge on any atom is -0.479 e. The van der Waals surface area contributed by atoms with Gasteiger partial charge in [0, 0.05) is 29.2 Å². The number of ether oxygens (including phenoxy) is 1. The molecule has 0 spiro atoms. The highest BCUT2D eigenvalue weighted by Gasteiger charge is 2.36. The largest absolute Gasteiger partial charge is 0.479 e. The van der Waals surface area contributed by atoms with E-state index in [1.807, 2.05) is 46.8 Å². The van der Waals surface area contributed by atoms with Crippen LogP contribution in [0.2, 0.25) is 5.02 Å². The van der Waals surface area contributed by atoms with E-state index in [4.69, 9.17) is 16.3 Å². The molecule has 7 heteroatoms. The van der Waals surface area contributed by atoms with Gasteiger partial charge in [-0.15, -0.1) is 0 Å². The standard InChI is InChI=1S/C29H29ClFNO4/c1-16-22-14-32(27(33)19-7-6-8-21(31)13-19)15-23(22)17(2)25(26(28(34)35)36-29(3,4)5)24(16)18-9-11-20(30)12-10-18/h6-13,26H,14-15H2,1-5H3,(H,34,35). The molecular formula is C29H29ClFNO4. The summed E-state index contributed by atoms with van der Waals surface area (Å²) in [4.78, 5) is 27.4. The van der Waals surface area contributed by atoms with Gasteiger partial charge in [-0.2, -0.15) is 0 Å². The number of carbonyl (C=O) groups excluding carboxylic acids is 1. The molecule has 0 fully saturated rings. The fourth-order valence-electron chi connectivity index (χ4n) is 4.87. The zero-order valence-electron chi connectivity index (χ0n) is 21.0. The van der Waals surface area contributed by atoms with Crippen LogP contribution in [-0.2, 0) is 22.6 Å². The third-order valence-corrected chi connectivity index (χ3v) is 6.72. The Balaban J connectivity index is 1.89. The maximum Gasteiger partial charge on any atom is 0.337 e. The van der Waals surface area contributed by atoms with E-state index in [1.165, 1.54) is 18.2 Å². The lowest BCUT2D eigenvalue weighted by Crippen LogP contribution is -2.28. The van der Waals surface area contributed by atoms with E-state index in [0.717, 1.165) is 33.4 Å². The molecule has 0 saturated heterocycles. The van der Waals surface area contributed by atoms with Crippen LogP contribution >= 0.6 is 11.6 Å². The van der Waals surface area contributed by atoms with Crippen molar-refractivity contribution in [3.8, 4) is 11.1 Å². The number of fused-ring (bicyclic) bond motifs is 1. The van der Waals surface area contributed by atoms with Crippen molar-refractivity contribution in [2.75, 3.05) is 0 Å². The molecule has 0 aromatic heterocycles. The van der Waals surface area contributed by atoms with Gasteiger partial charge in [0.15, 0.2) is 6.10 Å². The summed E-state index contributed by atoms with van der Waals surface area (Å²) in [6, 6.07) is 12.9. The fourth-order valence-corrected chi connectivity index (χ4v) is 5.00. The third-order valence-electron chi connectivity index (χ3n) is 6.47. The molecule has 1 N–H and O–H groups in total. The maximum atomic E-state index is 13.8. The van der Waals surface area contributed by atoms with E-state index in [0.29, 0.717) is 23.7 Å². The molecule has 1 amide bonds. The Bertz CT molecular complexity index is 1340. The van der Waals surface area contributed by atoms with Crippen LogP contribution in [-0.4, -0.2) is 27.5 Å². The zero-order valence-corrected chi connectivity index (χ0v) is 21.7. The van der Waals surface area contributed by atoms with Crippen molar-refractivity contribution in [2.24, 2.45) is 0 Å². The number of aliphatic carboxylic acids is 1. The summed E-state index contributed by atoms with van der Waals surface area (Å²) in [7, 11) is 0. The van der Waals surface area contributed by atoms with Crippen LogP contribution in [0.25, 0.3) is 11.1 Å². The van der Waals surface area contributed by atoms with Crippen molar-refractivity contribution in [2.45, 2.75) is 59.4 Å². The fraction of sp³-hybridized carbons (Fsp3) is 0.310. The maximum absolute atomic E-state index is 13.8. The summed E-state index contributed by atoms with van der Waals surface area (Å²) in [5.74, 6) is -1.84. The topological polar surface area (TPSA) is 66.8 Å². The van der Waals surface area contributed by atoms with Crippen LogP contribution in [0.1, 0.15) is 65.1 Å². The summed E-state index contributed by atoms with van der Waals surface area (Å²) < 4.78 is 19.9. The molecule has 1 atom stereocenters. The number of carbonyl (C=O) groups is 2. The van der Waals surface area contributed by atoms with Gasteiger partial charge < -0.3 is 14.7 Å². The van der Waals surface area contributed by atoms with E-state index < -0.39 is 23.5 Å². The number of rotatable bonds is 5. The lowest BCUT2D eigenvalue weighted by Gasteiger charge is -2.29. The lowest BCUT2D eigenvalue weighted by molar-refractivity contribution is -0.160. The first-order chi connectivity index (χ1) is 16.9. The van der Waals surface area contributed by atoms with Crippen molar-refractivity contribution in [1.82, 2.24) is 4.90 Å². The Labute approximate surface area is 215 Å². The second kappa shape index (κ2) is 9.68.